The highest BCUT2D eigenvalue weighted by atomic mass is 35.5. The van der Waals surface area contributed by atoms with Gasteiger partial charge in [0.05, 0.1) is 0 Å². The number of hydrogen-bond donors (Lipinski definition) is 1. The highest BCUT2D eigenvalue weighted by Crippen LogP contribution is 2.19. The number of carboxylic acids is 1. The molecule has 2 nitrogen and oxygen atoms in total. The molecule has 1 aromatic carbocycles. The Kier molecular flexibility index (Phi) is 2.49. The fourth-order valence-corrected chi connectivity index (χ4v) is 0.910. The van der Waals surface area contributed by atoms with Crippen LogP contribution in [-0.4, -0.2) is 11.1 Å². The van der Waals surface area contributed by atoms with Gasteiger partial charge in [0, 0.05) is 0 Å². The lowest BCUT2D eigenvalue weighted by Crippen LogP contribution is -2.04. The molecule has 1 N–H and O–H groups in total. The molecule has 0 aromatic heterocycles. The predicted molar refractivity (Wildman–Crippen MR) is 42.7 cm³/mol. The smallest absolute Gasteiger partial charge is 0.326 e. The number of aliphatic carboxylic acids is 1. The van der Waals surface area contributed by atoms with Gasteiger partial charge in [0.1, 0.15) is 0 Å². The fraction of sp³-hybridized carbons (Fsp3) is 0.125. The maximum Gasteiger partial charge on any atom is 0.326 e. The van der Waals surface area contributed by atoms with Gasteiger partial charge in [-0.05, 0) is 5.56 Å². The Bertz CT molecular complexity index is 246. The molecule has 0 saturated heterocycles. The van der Waals surface area contributed by atoms with Gasteiger partial charge in [-0.15, -0.1) is 11.6 Å². The number of carboxylic acid groups (broad SMARTS) is 1. The molecule has 1 atom stereocenters. The summed E-state index contributed by atoms with van der Waals surface area (Å²) in [5.74, 6) is -1.02. The van der Waals surface area contributed by atoms with E-state index >= 15 is 0 Å². The van der Waals surface area contributed by atoms with Crippen LogP contribution >= 0.6 is 11.6 Å². The number of carbonyl (C=O) groups is 1. The van der Waals surface area contributed by atoms with Crippen LogP contribution in [-0.2, 0) is 4.79 Å². The van der Waals surface area contributed by atoms with E-state index in [0.717, 1.165) is 0 Å². The van der Waals surface area contributed by atoms with Crippen molar-refractivity contribution < 1.29 is 9.90 Å². The van der Waals surface area contributed by atoms with E-state index in [1.54, 1.807) is 24.3 Å². The zero-order valence-electron chi connectivity index (χ0n) is 5.70. The number of benzene rings is 1. The molecule has 0 aliphatic heterocycles. The molecule has 0 spiro atoms. The van der Waals surface area contributed by atoms with Crippen LogP contribution in [0.1, 0.15) is 10.9 Å². The van der Waals surface area contributed by atoms with Gasteiger partial charge in [-0.25, -0.2) is 0 Å². The minimum Gasteiger partial charge on any atom is -0.480 e. The summed E-state index contributed by atoms with van der Waals surface area (Å²) in [4.78, 5) is 10.4. The van der Waals surface area contributed by atoms with E-state index in [4.69, 9.17) is 16.7 Å². The molecule has 0 amide bonds. The summed E-state index contributed by atoms with van der Waals surface area (Å²) < 4.78 is 0. The molecule has 0 saturated carbocycles. The van der Waals surface area contributed by atoms with Crippen molar-refractivity contribution in [2.75, 3.05) is 0 Å². The maximum absolute atomic E-state index is 10.4. The van der Waals surface area contributed by atoms with Crippen molar-refractivity contribution in [2.45, 2.75) is 5.38 Å². The second-order valence-corrected chi connectivity index (χ2v) is 2.55. The van der Waals surface area contributed by atoms with Crippen molar-refractivity contribution in [3.63, 3.8) is 0 Å². The van der Waals surface area contributed by atoms with Crippen LogP contribution in [0.5, 0.6) is 0 Å². The first-order chi connectivity index (χ1) is 5.22. The molecule has 1 rings (SSSR count). The molecule has 0 aliphatic carbocycles. The predicted octanol–water partition coefficient (Wildman–Crippen LogP) is 2.05. The zero-order valence-corrected chi connectivity index (χ0v) is 6.45. The lowest BCUT2D eigenvalue weighted by atomic mass is 10.1. The molecule has 0 fully saturated rings. The van der Waals surface area contributed by atoms with Gasteiger partial charge in [-0.3, -0.25) is 4.79 Å². The highest BCUT2D eigenvalue weighted by Gasteiger charge is 2.14. The van der Waals surface area contributed by atoms with Crippen molar-refractivity contribution >= 4 is 17.6 Å². The van der Waals surface area contributed by atoms with Gasteiger partial charge in [-0.1, -0.05) is 30.3 Å². The molecular formula is C8H7ClO2. The largest absolute Gasteiger partial charge is 0.480 e. The summed E-state index contributed by atoms with van der Waals surface area (Å²) in [6.07, 6.45) is 0. The summed E-state index contributed by atoms with van der Waals surface area (Å²) in [6, 6.07) is 8.70. The van der Waals surface area contributed by atoms with E-state index in [1.165, 1.54) is 0 Å². The van der Waals surface area contributed by atoms with E-state index < -0.39 is 11.3 Å². The number of hydrogen-bond acceptors (Lipinski definition) is 1. The summed E-state index contributed by atoms with van der Waals surface area (Å²) in [5.41, 5.74) is 0.613. The first-order valence-corrected chi connectivity index (χ1v) is 3.57. The van der Waals surface area contributed by atoms with Crippen molar-refractivity contribution in [2.24, 2.45) is 0 Å². The third kappa shape index (κ3) is 1.95. The minimum absolute atomic E-state index is 0.613. The fourth-order valence-electron chi connectivity index (χ4n) is 0.765. The summed E-state index contributed by atoms with van der Waals surface area (Å²) in [5, 5.41) is 7.57. The first-order valence-electron chi connectivity index (χ1n) is 3.13. The molecule has 0 aliphatic rings. The number of halogens is 1. The number of rotatable bonds is 2. The van der Waals surface area contributed by atoms with E-state index in [-0.39, 0.29) is 0 Å². The second kappa shape index (κ2) is 3.39. The Balaban J connectivity index is 2.85. The lowest BCUT2D eigenvalue weighted by molar-refractivity contribution is -0.136. The van der Waals surface area contributed by atoms with Gasteiger partial charge in [0.2, 0.25) is 0 Å². The van der Waals surface area contributed by atoms with Crippen LogP contribution < -0.4 is 0 Å². The van der Waals surface area contributed by atoms with E-state index in [9.17, 15) is 4.79 Å². The standard InChI is InChI=1S/C8H7ClO2/c9-7(8(10)11)6-4-2-1-3-5-6/h1-5,7H,(H,10,11)/t7-/m1/s1. The van der Waals surface area contributed by atoms with Crippen LogP contribution in [0.15, 0.2) is 30.3 Å². The monoisotopic (exact) mass is 170 g/mol. The van der Waals surface area contributed by atoms with Crippen molar-refractivity contribution in [1.29, 1.82) is 0 Å². The van der Waals surface area contributed by atoms with E-state index in [0.29, 0.717) is 5.56 Å². The van der Waals surface area contributed by atoms with Crippen LogP contribution in [0.4, 0.5) is 0 Å². The molecule has 1 aromatic rings. The molecule has 11 heavy (non-hydrogen) atoms. The van der Waals surface area contributed by atoms with E-state index in [1.807, 2.05) is 6.07 Å². The molecule has 0 radical (unpaired) electrons. The summed E-state index contributed by atoms with van der Waals surface area (Å²) in [7, 11) is 0. The SMILES string of the molecule is O=C(O)[C@H](Cl)c1ccccc1. The molecule has 58 valence electrons. The van der Waals surface area contributed by atoms with Gasteiger partial charge >= 0.3 is 5.97 Å². The topological polar surface area (TPSA) is 37.3 Å². The number of alkyl halides is 1. The maximum atomic E-state index is 10.4. The molecule has 0 heterocycles. The van der Waals surface area contributed by atoms with Crippen molar-refractivity contribution in [1.82, 2.24) is 0 Å². The molecule has 3 heteroatoms. The van der Waals surface area contributed by atoms with Crippen molar-refractivity contribution in [3.8, 4) is 0 Å². The summed E-state index contributed by atoms with van der Waals surface area (Å²) >= 11 is 5.54. The quantitative estimate of drug-likeness (QED) is 0.690. The van der Waals surface area contributed by atoms with Crippen LogP contribution in [0.25, 0.3) is 0 Å². The lowest BCUT2D eigenvalue weighted by Gasteiger charge is -2.01. The van der Waals surface area contributed by atoms with Gasteiger partial charge < -0.3 is 5.11 Å². The average Bonchev–Trinajstić information content (AvgIpc) is 2.05. The first kappa shape index (κ1) is 8.08. The third-order valence-corrected chi connectivity index (χ3v) is 1.75. The average molecular weight is 171 g/mol. The Hall–Kier alpha value is -1.02. The van der Waals surface area contributed by atoms with Crippen LogP contribution in [0, 0.1) is 0 Å². The summed E-state index contributed by atoms with van der Waals surface area (Å²) in [6.45, 7) is 0. The van der Waals surface area contributed by atoms with Crippen LogP contribution in [0.3, 0.4) is 0 Å². The van der Waals surface area contributed by atoms with Gasteiger partial charge in [0.15, 0.2) is 5.38 Å². The minimum atomic E-state index is -1.02. The van der Waals surface area contributed by atoms with E-state index in [2.05, 4.69) is 0 Å². The Labute approximate surface area is 69.4 Å². The van der Waals surface area contributed by atoms with Gasteiger partial charge in [0.25, 0.3) is 0 Å². The third-order valence-electron chi connectivity index (χ3n) is 1.31. The molecule has 0 bridgehead atoms. The van der Waals surface area contributed by atoms with Gasteiger partial charge in [-0.2, -0.15) is 0 Å². The highest BCUT2D eigenvalue weighted by molar-refractivity contribution is 6.29. The Morgan fingerprint density at radius 2 is 1.91 bits per heavy atom. The Morgan fingerprint density at radius 3 is 2.36 bits per heavy atom. The zero-order chi connectivity index (χ0) is 8.27. The molecular weight excluding hydrogens is 164 g/mol. The normalized spacial score (nSPS) is 12.5. The Morgan fingerprint density at radius 1 is 1.36 bits per heavy atom. The second-order valence-electron chi connectivity index (χ2n) is 2.11. The molecule has 0 unspecified atom stereocenters. The van der Waals surface area contributed by atoms with Crippen molar-refractivity contribution in [3.05, 3.63) is 35.9 Å². The van der Waals surface area contributed by atoms with Crippen LogP contribution in [0.2, 0.25) is 0 Å².